The predicted molar refractivity (Wildman–Crippen MR) is 131 cm³/mol. The second-order valence-electron chi connectivity index (χ2n) is 7.99. The summed E-state index contributed by atoms with van der Waals surface area (Å²) in [6.07, 6.45) is 13.1. The maximum atomic E-state index is 12.5. The van der Waals surface area contributed by atoms with Crippen LogP contribution in [-0.2, 0) is 4.79 Å². The number of fused-ring (bicyclic) bond motifs is 1. The van der Waals surface area contributed by atoms with Crippen LogP contribution in [0.4, 0.5) is 10.5 Å². The van der Waals surface area contributed by atoms with E-state index in [4.69, 9.17) is 12.8 Å². The van der Waals surface area contributed by atoms with Crippen LogP contribution in [0.5, 0.6) is 0 Å². The van der Waals surface area contributed by atoms with Gasteiger partial charge in [0.25, 0.3) is 11.8 Å². The zero-order chi connectivity index (χ0) is 24.5. The molecule has 0 radical (unpaired) electrons. The van der Waals surface area contributed by atoms with E-state index in [0.29, 0.717) is 23.8 Å². The summed E-state index contributed by atoms with van der Waals surface area (Å²) in [6, 6.07) is 4.62. The molecule has 0 bridgehead atoms. The first kappa shape index (κ1) is 25.0. The number of unbranched alkanes of at least 4 members (excludes halogenated alkanes) is 1. The quantitative estimate of drug-likeness (QED) is 0.194. The molecule has 3 atom stereocenters. The highest BCUT2D eigenvalue weighted by Crippen LogP contribution is 2.33. The van der Waals surface area contributed by atoms with Crippen LogP contribution in [0.15, 0.2) is 18.2 Å². The molecule has 0 unspecified atom stereocenters. The van der Waals surface area contributed by atoms with Gasteiger partial charge in [-0.15, -0.1) is 12.8 Å². The molecular formula is C24H27N5O4S. The van der Waals surface area contributed by atoms with E-state index in [-0.39, 0.29) is 48.2 Å². The number of terminal acetylenes is 2. The van der Waals surface area contributed by atoms with E-state index in [0.717, 1.165) is 18.6 Å². The Kier molecular flexibility index (Phi) is 8.83. The number of hydrogen-bond donors (Lipinski definition) is 5. The number of nitrogens with one attached hydrogen (secondary N) is 5. The van der Waals surface area contributed by atoms with Crippen LogP contribution in [0, 0.1) is 24.7 Å². The standard InChI is InChI=1S/C24H27N5O4S/c1-3-9-25-22(31)15-11-16(23(32)26-10-4-2)13-17(12-15)27-20(30)8-6-5-7-19-21-18(14-34-19)28-24(33)29-21/h1-2,11-13,18-19,21H,5-10,14H2,(H,25,31)(H,26,32)(H,27,30)(H2,28,29,33)/t18-,19-,21-/m0/s1. The third kappa shape index (κ3) is 6.69. The summed E-state index contributed by atoms with van der Waals surface area (Å²) < 4.78 is 0. The van der Waals surface area contributed by atoms with E-state index < -0.39 is 11.8 Å². The molecule has 2 aliphatic rings. The minimum atomic E-state index is -0.457. The summed E-state index contributed by atoms with van der Waals surface area (Å²) in [5.41, 5.74) is 0.719. The topological polar surface area (TPSA) is 128 Å². The van der Waals surface area contributed by atoms with Crippen molar-refractivity contribution in [2.75, 3.05) is 24.2 Å². The van der Waals surface area contributed by atoms with E-state index in [9.17, 15) is 19.2 Å². The van der Waals surface area contributed by atoms with E-state index in [1.165, 1.54) is 18.2 Å². The summed E-state index contributed by atoms with van der Waals surface area (Å²) in [5.74, 6) is 4.40. The van der Waals surface area contributed by atoms with Crippen LogP contribution >= 0.6 is 11.8 Å². The Labute approximate surface area is 203 Å². The maximum Gasteiger partial charge on any atom is 0.315 e. The smallest absolute Gasteiger partial charge is 0.315 e. The lowest BCUT2D eigenvalue weighted by atomic mass is 10.0. The van der Waals surface area contributed by atoms with E-state index in [1.54, 1.807) is 0 Å². The van der Waals surface area contributed by atoms with Gasteiger partial charge >= 0.3 is 6.03 Å². The monoisotopic (exact) mass is 481 g/mol. The first-order valence-electron chi connectivity index (χ1n) is 11.0. The van der Waals surface area contributed by atoms with Gasteiger partial charge in [0.15, 0.2) is 0 Å². The molecule has 178 valence electrons. The van der Waals surface area contributed by atoms with E-state index in [1.807, 2.05) is 11.8 Å². The number of hydrogen-bond acceptors (Lipinski definition) is 5. The average Bonchev–Trinajstić information content (AvgIpc) is 3.37. The number of carbonyl (C=O) groups is 4. The minimum absolute atomic E-state index is 0.0364. The molecule has 34 heavy (non-hydrogen) atoms. The second-order valence-corrected chi connectivity index (χ2v) is 9.26. The number of amides is 5. The van der Waals surface area contributed by atoms with Gasteiger partial charge in [0.05, 0.1) is 25.2 Å². The van der Waals surface area contributed by atoms with E-state index in [2.05, 4.69) is 38.4 Å². The number of carbonyl (C=O) groups excluding carboxylic acids is 4. The van der Waals surface area contributed by atoms with Crippen molar-refractivity contribution in [3.63, 3.8) is 0 Å². The highest BCUT2D eigenvalue weighted by atomic mass is 32.2. The molecule has 9 nitrogen and oxygen atoms in total. The molecule has 0 aliphatic carbocycles. The van der Waals surface area contributed by atoms with Crippen LogP contribution in [-0.4, -0.2) is 59.9 Å². The molecular weight excluding hydrogens is 454 g/mol. The molecule has 0 saturated carbocycles. The van der Waals surface area contributed by atoms with Gasteiger partial charge in [0.2, 0.25) is 5.91 Å². The van der Waals surface area contributed by atoms with Crippen LogP contribution in [0.3, 0.4) is 0 Å². The Bertz CT molecular complexity index is 997. The fourth-order valence-corrected chi connectivity index (χ4v) is 5.47. The molecule has 1 aromatic rings. The van der Waals surface area contributed by atoms with Crippen molar-refractivity contribution in [1.29, 1.82) is 0 Å². The molecule has 10 heteroatoms. The highest BCUT2D eigenvalue weighted by molar-refractivity contribution is 8.00. The maximum absolute atomic E-state index is 12.5. The van der Waals surface area contributed by atoms with Gasteiger partial charge in [0, 0.05) is 34.2 Å². The average molecular weight is 482 g/mol. The van der Waals surface area contributed by atoms with Gasteiger partial charge in [0.1, 0.15) is 0 Å². The molecule has 3 rings (SSSR count). The number of anilines is 1. The third-order valence-corrected chi connectivity index (χ3v) is 7.03. The molecule has 5 N–H and O–H groups in total. The Morgan fingerprint density at radius 1 is 1.00 bits per heavy atom. The first-order valence-corrected chi connectivity index (χ1v) is 12.0. The van der Waals surface area contributed by atoms with Gasteiger partial charge in [-0.2, -0.15) is 11.8 Å². The van der Waals surface area contributed by atoms with Crippen LogP contribution < -0.4 is 26.6 Å². The van der Waals surface area contributed by atoms with Crippen molar-refractivity contribution in [1.82, 2.24) is 21.3 Å². The minimum Gasteiger partial charge on any atom is -0.341 e. The Hall–Kier alpha value is -3.63. The molecule has 2 fully saturated rings. The van der Waals surface area contributed by atoms with Gasteiger partial charge in [-0.1, -0.05) is 18.3 Å². The fraction of sp³-hybridized carbons (Fsp3) is 0.417. The molecule has 2 heterocycles. The lowest BCUT2D eigenvalue weighted by molar-refractivity contribution is -0.116. The molecule has 1 aromatic carbocycles. The lowest BCUT2D eigenvalue weighted by Crippen LogP contribution is -2.36. The molecule has 2 aliphatic heterocycles. The van der Waals surface area contributed by atoms with Gasteiger partial charge in [-0.05, 0) is 31.0 Å². The van der Waals surface area contributed by atoms with Gasteiger partial charge in [-0.3, -0.25) is 14.4 Å². The third-order valence-electron chi connectivity index (χ3n) is 5.52. The molecule has 2 saturated heterocycles. The lowest BCUT2D eigenvalue weighted by Gasteiger charge is -2.16. The largest absolute Gasteiger partial charge is 0.341 e. The number of benzene rings is 1. The summed E-state index contributed by atoms with van der Waals surface area (Å²) >= 11 is 1.84. The Morgan fingerprint density at radius 3 is 2.26 bits per heavy atom. The summed E-state index contributed by atoms with van der Waals surface area (Å²) in [6.45, 7) is 0.0728. The SMILES string of the molecule is C#CCNC(=O)c1cc(NC(=O)CCCC[C@@H]2SC[C@@H]3NC(=O)N[C@@H]32)cc(C(=O)NCC#C)c1. The van der Waals surface area contributed by atoms with Crippen molar-refractivity contribution in [2.24, 2.45) is 0 Å². The van der Waals surface area contributed by atoms with Crippen LogP contribution in [0.2, 0.25) is 0 Å². The summed E-state index contributed by atoms with van der Waals surface area (Å²) in [4.78, 5) is 48.7. The fourth-order valence-electron chi connectivity index (χ4n) is 3.93. The van der Waals surface area contributed by atoms with Crippen molar-refractivity contribution in [3.05, 3.63) is 29.3 Å². The molecule has 5 amide bonds. The number of urea groups is 1. The zero-order valence-electron chi connectivity index (χ0n) is 18.6. The van der Waals surface area contributed by atoms with Crippen LogP contribution in [0.25, 0.3) is 0 Å². The van der Waals surface area contributed by atoms with Crippen molar-refractivity contribution in [2.45, 2.75) is 43.0 Å². The van der Waals surface area contributed by atoms with Crippen LogP contribution in [0.1, 0.15) is 46.4 Å². The number of rotatable bonds is 10. The van der Waals surface area contributed by atoms with Gasteiger partial charge < -0.3 is 26.6 Å². The zero-order valence-corrected chi connectivity index (χ0v) is 19.4. The molecule has 0 spiro atoms. The summed E-state index contributed by atoms with van der Waals surface area (Å²) in [7, 11) is 0. The summed E-state index contributed by atoms with van der Waals surface area (Å²) in [5, 5.41) is 14.1. The normalized spacial score (nSPS) is 20.2. The Morgan fingerprint density at radius 2 is 1.65 bits per heavy atom. The predicted octanol–water partition coefficient (Wildman–Crippen LogP) is 1.08. The number of thioether (sulfide) groups is 1. The molecule has 0 aromatic heterocycles. The van der Waals surface area contributed by atoms with Gasteiger partial charge in [-0.25, -0.2) is 4.79 Å². The first-order chi connectivity index (χ1) is 16.4. The van der Waals surface area contributed by atoms with Crippen molar-refractivity contribution in [3.8, 4) is 24.7 Å². The second kappa shape index (κ2) is 12.0. The van der Waals surface area contributed by atoms with E-state index >= 15 is 0 Å². The van der Waals surface area contributed by atoms with Crippen molar-refractivity contribution >= 4 is 41.2 Å². The Balaban J connectivity index is 1.55. The van der Waals surface area contributed by atoms with Crippen molar-refractivity contribution < 1.29 is 19.2 Å². The highest BCUT2D eigenvalue weighted by Gasteiger charge is 2.42.